The lowest BCUT2D eigenvalue weighted by Gasteiger charge is -2.29. The molecule has 2 aromatic carbocycles. The largest absolute Gasteiger partial charge is 0.0683 e. The summed E-state index contributed by atoms with van der Waals surface area (Å²) in [6.45, 7) is 10.2. The molecule has 0 spiro atoms. The smallest absolute Gasteiger partial charge is 0.0178 e. The van der Waals surface area contributed by atoms with Gasteiger partial charge in [0.2, 0.25) is 0 Å². The van der Waals surface area contributed by atoms with Crippen LogP contribution in [-0.2, 0) is 12.8 Å². The van der Waals surface area contributed by atoms with Gasteiger partial charge in [0, 0.05) is 4.47 Å². The van der Waals surface area contributed by atoms with Crippen LogP contribution in [0, 0.1) is 6.92 Å². The van der Waals surface area contributed by atoms with Crippen molar-refractivity contribution in [2.75, 3.05) is 0 Å². The van der Waals surface area contributed by atoms with E-state index in [1.807, 2.05) is 27.7 Å². The van der Waals surface area contributed by atoms with Crippen LogP contribution in [0.15, 0.2) is 40.9 Å². The molecule has 0 amide bonds. The number of hydrogen-bond donors (Lipinski definition) is 0. The Morgan fingerprint density at radius 2 is 1.17 bits per heavy atom. The highest BCUT2D eigenvalue weighted by Gasteiger charge is 2.24. The van der Waals surface area contributed by atoms with Crippen molar-refractivity contribution < 1.29 is 0 Å². The number of hydrogen-bond acceptors (Lipinski definition) is 0. The summed E-state index contributed by atoms with van der Waals surface area (Å²) in [5, 5.41) is 0. The Bertz CT molecular complexity index is 674. The van der Waals surface area contributed by atoms with E-state index in [2.05, 4.69) is 59.3 Å². The molecule has 0 heterocycles. The van der Waals surface area contributed by atoms with Crippen LogP contribution >= 0.6 is 15.9 Å². The first-order chi connectivity index (χ1) is 11.7. The van der Waals surface area contributed by atoms with E-state index in [1.165, 1.54) is 52.4 Å². The fourth-order valence-electron chi connectivity index (χ4n) is 3.70. The first-order valence-electron chi connectivity index (χ1n) is 9.33. The summed E-state index contributed by atoms with van der Waals surface area (Å²) in [5.74, 6) is 0. The van der Waals surface area contributed by atoms with Crippen molar-refractivity contribution in [1.29, 1.82) is 0 Å². The van der Waals surface area contributed by atoms with E-state index < -0.39 is 0 Å². The Morgan fingerprint density at radius 1 is 0.667 bits per heavy atom. The second-order valence-corrected chi connectivity index (χ2v) is 6.83. The van der Waals surface area contributed by atoms with E-state index in [9.17, 15) is 0 Å². The highest BCUT2D eigenvalue weighted by molar-refractivity contribution is 9.10. The average molecular weight is 385 g/mol. The van der Waals surface area contributed by atoms with Crippen molar-refractivity contribution in [3.63, 3.8) is 0 Å². The lowest BCUT2D eigenvalue weighted by atomic mass is 9.75. The van der Waals surface area contributed by atoms with E-state index >= 15 is 0 Å². The molecule has 0 atom stereocenters. The maximum Gasteiger partial charge on any atom is 0.0178 e. The molecule has 2 aliphatic carbocycles. The zero-order valence-corrected chi connectivity index (χ0v) is 17.3. The SMILES string of the molecule is CC.CC.Cc1ccc2c(c1)CCC1=C2CCc2cc(Br)ccc21. The molecule has 0 unspecified atom stereocenters. The van der Waals surface area contributed by atoms with Crippen molar-refractivity contribution in [1.82, 2.24) is 0 Å². The first kappa shape index (κ1) is 19.0. The van der Waals surface area contributed by atoms with Gasteiger partial charge in [-0.05, 0) is 78.1 Å². The lowest BCUT2D eigenvalue weighted by Crippen LogP contribution is -2.11. The third-order valence-corrected chi connectivity index (χ3v) is 5.12. The van der Waals surface area contributed by atoms with Gasteiger partial charge in [0.1, 0.15) is 0 Å². The van der Waals surface area contributed by atoms with Crippen molar-refractivity contribution in [2.24, 2.45) is 0 Å². The molecule has 1 heteroatoms. The molecule has 0 aliphatic heterocycles. The van der Waals surface area contributed by atoms with Gasteiger partial charge in [0.25, 0.3) is 0 Å². The maximum absolute atomic E-state index is 3.60. The fraction of sp³-hybridized carbons (Fsp3) is 0.391. The molecule has 0 radical (unpaired) electrons. The van der Waals surface area contributed by atoms with Crippen LogP contribution in [0.25, 0.3) is 11.1 Å². The quantitative estimate of drug-likeness (QED) is 0.438. The Morgan fingerprint density at radius 3 is 1.75 bits per heavy atom. The molecule has 2 aromatic rings. The number of allylic oxidation sites excluding steroid dienone is 2. The van der Waals surface area contributed by atoms with Crippen LogP contribution in [0.2, 0.25) is 0 Å². The molecular formula is C23H29Br. The summed E-state index contributed by atoms with van der Waals surface area (Å²) in [6.07, 6.45) is 4.74. The minimum atomic E-state index is 1.17. The summed E-state index contributed by atoms with van der Waals surface area (Å²) in [7, 11) is 0. The van der Waals surface area contributed by atoms with Gasteiger partial charge in [-0.2, -0.15) is 0 Å². The number of aryl methyl sites for hydroxylation is 3. The topological polar surface area (TPSA) is 0 Å². The monoisotopic (exact) mass is 384 g/mol. The van der Waals surface area contributed by atoms with E-state index in [0.717, 1.165) is 0 Å². The van der Waals surface area contributed by atoms with Crippen molar-refractivity contribution in [2.45, 2.75) is 60.3 Å². The van der Waals surface area contributed by atoms with Crippen molar-refractivity contribution >= 4 is 27.1 Å². The molecule has 0 aromatic heterocycles. The van der Waals surface area contributed by atoms with Crippen LogP contribution in [-0.4, -0.2) is 0 Å². The van der Waals surface area contributed by atoms with Crippen LogP contribution in [0.4, 0.5) is 0 Å². The third kappa shape index (κ3) is 3.67. The minimum absolute atomic E-state index is 1.17. The minimum Gasteiger partial charge on any atom is -0.0683 e. The number of rotatable bonds is 0. The van der Waals surface area contributed by atoms with E-state index in [0.29, 0.717) is 0 Å². The van der Waals surface area contributed by atoms with Crippen LogP contribution in [0.3, 0.4) is 0 Å². The third-order valence-electron chi connectivity index (χ3n) is 4.63. The summed E-state index contributed by atoms with van der Waals surface area (Å²) >= 11 is 3.60. The second-order valence-electron chi connectivity index (χ2n) is 5.92. The molecule has 2 aliphatic rings. The van der Waals surface area contributed by atoms with E-state index in [-0.39, 0.29) is 0 Å². The van der Waals surface area contributed by atoms with Crippen LogP contribution in [0.1, 0.15) is 68.4 Å². The van der Waals surface area contributed by atoms with Gasteiger partial charge < -0.3 is 0 Å². The Kier molecular flexibility index (Phi) is 6.86. The molecule has 0 nitrogen and oxygen atoms in total. The van der Waals surface area contributed by atoms with Gasteiger partial charge in [-0.15, -0.1) is 0 Å². The van der Waals surface area contributed by atoms with E-state index in [1.54, 1.807) is 16.7 Å². The zero-order chi connectivity index (χ0) is 17.7. The highest BCUT2D eigenvalue weighted by Crippen LogP contribution is 2.44. The van der Waals surface area contributed by atoms with Gasteiger partial charge in [-0.3, -0.25) is 0 Å². The molecule has 4 rings (SSSR count). The number of halogens is 1. The molecular weight excluding hydrogens is 356 g/mol. The van der Waals surface area contributed by atoms with Crippen LogP contribution < -0.4 is 0 Å². The molecule has 0 fully saturated rings. The molecule has 0 bridgehead atoms. The Hall–Kier alpha value is -1.34. The molecule has 128 valence electrons. The predicted octanol–water partition coefficient (Wildman–Crippen LogP) is 7.61. The summed E-state index contributed by atoms with van der Waals surface area (Å²) in [5.41, 5.74) is 10.6. The average Bonchev–Trinajstić information content (AvgIpc) is 2.64. The number of benzene rings is 2. The summed E-state index contributed by atoms with van der Waals surface area (Å²) in [6, 6.07) is 13.7. The number of fused-ring (bicyclic) bond motifs is 4. The highest BCUT2D eigenvalue weighted by atomic mass is 79.9. The summed E-state index contributed by atoms with van der Waals surface area (Å²) < 4.78 is 1.20. The maximum atomic E-state index is 3.60. The Balaban J connectivity index is 0.000000487. The zero-order valence-electron chi connectivity index (χ0n) is 15.7. The van der Waals surface area contributed by atoms with Crippen molar-refractivity contribution in [3.8, 4) is 0 Å². The first-order valence-corrected chi connectivity index (χ1v) is 10.1. The molecule has 24 heavy (non-hydrogen) atoms. The molecule has 0 saturated carbocycles. The van der Waals surface area contributed by atoms with E-state index in [4.69, 9.17) is 0 Å². The van der Waals surface area contributed by atoms with Crippen molar-refractivity contribution in [3.05, 3.63) is 68.7 Å². The van der Waals surface area contributed by atoms with Gasteiger partial charge in [0.15, 0.2) is 0 Å². The van der Waals surface area contributed by atoms with Gasteiger partial charge >= 0.3 is 0 Å². The summed E-state index contributed by atoms with van der Waals surface area (Å²) in [4.78, 5) is 0. The second kappa shape index (κ2) is 8.67. The van der Waals surface area contributed by atoms with Crippen LogP contribution in [0.5, 0.6) is 0 Å². The van der Waals surface area contributed by atoms with Gasteiger partial charge in [-0.25, -0.2) is 0 Å². The normalized spacial score (nSPS) is 14.2. The molecule has 0 N–H and O–H groups in total. The standard InChI is InChI=1S/C19H17Br.2C2H6/c1-12-2-6-16-13(10-12)3-7-19-17-9-5-15(20)11-14(17)4-8-18(16)19;2*1-2/h2,5-6,9-11H,3-4,7-8H2,1H3;2*1-2H3. The lowest BCUT2D eigenvalue weighted by molar-refractivity contribution is 0.917. The fourth-order valence-corrected chi connectivity index (χ4v) is 4.11. The Labute approximate surface area is 156 Å². The predicted molar refractivity (Wildman–Crippen MR) is 111 cm³/mol. The van der Waals surface area contributed by atoms with Gasteiger partial charge in [0.05, 0.1) is 0 Å². The van der Waals surface area contributed by atoms with Gasteiger partial charge in [-0.1, -0.05) is 73.5 Å². The molecule has 0 saturated heterocycles.